The van der Waals surface area contributed by atoms with Crippen LogP contribution in [0.5, 0.6) is 0 Å². The van der Waals surface area contributed by atoms with Gasteiger partial charge in [0.2, 0.25) is 5.95 Å². The van der Waals surface area contributed by atoms with Crippen molar-refractivity contribution in [2.24, 2.45) is 0 Å². The topological polar surface area (TPSA) is 63.8 Å². The molecule has 0 aliphatic rings. The fourth-order valence-corrected chi connectivity index (χ4v) is 1.68. The van der Waals surface area contributed by atoms with Crippen molar-refractivity contribution in [3.63, 3.8) is 0 Å². The van der Waals surface area contributed by atoms with E-state index in [-0.39, 0.29) is 6.04 Å². The first-order chi connectivity index (χ1) is 8.24. The summed E-state index contributed by atoms with van der Waals surface area (Å²) in [6, 6.07) is 12.3. The molecule has 2 rings (SSSR count). The second-order valence-corrected chi connectivity index (χ2v) is 4.04. The molecule has 1 atom stereocenters. The van der Waals surface area contributed by atoms with Crippen molar-refractivity contribution >= 4 is 11.8 Å². The van der Waals surface area contributed by atoms with Gasteiger partial charge >= 0.3 is 0 Å². The Morgan fingerprint density at radius 2 is 2.00 bits per heavy atom. The van der Waals surface area contributed by atoms with Gasteiger partial charge in [-0.05, 0) is 25.0 Å². The molecule has 88 valence electrons. The summed E-state index contributed by atoms with van der Waals surface area (Å²) < 4.78 is 0. The molecule has 0 bridgehead atoms. The van der Waals surface area contributed by atoms with Crippen molar-refractivity contribution in [3.8, 4) is 0 Å². The van der Waals surface area contributed by atoms with E-state index in [0.29, 0.717) is 11.8 Å². The van der Waals surface area contributed by atoms with Crippen LogP contribution in [0, 0.1) is 0 Å². The summed E-state index contributed by atoms with van der Waals surface area (Å²) in [5.41, 5.74) is 6.88. The molecule has 0 saturated heterocycles. The Kier molecular flexibility index (Phi) is 3.55. The van der Waals surface area contributed by atoms with Crippen LogP contribution in [0.3, 0.4) is 0 Å². The Bertz CT molecular complexity index is 470. The van der Waals surface area contributed by atoms with Crippen LogP contribution in [0.1, 0.15) is 12.5 Å². The highest BCUT2D eigenvalue weighted by Gasteiger charge is 2.05. The quantitative estimate of drug-likeness (QED) is 0.841. The van der Waals surface area contributed by atoms with Gasteiger partial charge in [0.05, 0.1) is 0 Å². The molecule has 17 heavy (non-hydrogen) atoms. The standard InChI is InChI=1S/C13H16N4/c1-10(9-11-5-3-2-4-6-11)16-13-15-8-7-12(14)17-13/h2-8,10H,9H2,1H3,(H3,14,15,16,17). The minimum absolute atomic E-state index is 0.263. The molecule has 4 heteroatoms. The summed E-state index contributed by atoms with van der Waals surface area (Å²) in [6.45, 7) is 2.10. The molecule has 1 heterocycles. The average molecular weight is 228 g/mol. The van der Waals surface area contributed by atoms with Crippen molar-refractivity contribution in [2.75, 3.05) is 11.1 Å². The van der Waals surface area contributed by atoms with Gasteiger partial charge in [0, 0.05) is 12.2 Å². The molecule has 0 amide bonds. The molecule has 1 unspecified atom stereocenters. The number of nitrogen functional groups attached to an aromatic ring is 1. The number of hydrogen-bond donors (Lipinski definition) is 2. The van der Waals surface area contributed by atoms with E-state index in [4.69, 9.17) is 5.73 Å². The number of hydrogen-bond acceptors (Lipinski definition) is 4. The van der Waals surface area contributed by atoms with Crippen molar-refractivity contribution in [1.29, 1.82) is 0 Å². The van der Waals surface area contributed by atoms with Gasteiger partial charge in [-0.2, -0.15) is 4.98 Å². The van der Waals surface area contributed by atoms with Gasteiger partial charge in [-0.15, -0.1) is 0 Å². The predicted octanol–water partition coefficient (Wildman–Crippen LogP) is 2.10. The summed E-state index contributed by atoms with van der Waals surface area (Å²) >= 11 is 0. The summed E-state index contributed by atoms with van der Waals surface area (Å²) in [7, 11) is 0. The van der Waals surface area contributed by atoms with Gasteiger partial charge < -0.3 is 11.1 Å². The molecule has 4 nitrogen and oxygen atoms in total. The lowest BCUT2D eigenvalue weighted by Crippen LogP contribution is -2.19. The molecule has 0 radical (unpaired) electrons. The van der Waals surface area contributed by atoms with Crippen LogP contribution in [-0.2, 0) is 6.42 Å². The van der Waals surface area contributed by atoms with Gasteiger partial charge in [-0.25, -0.2) is 4.98 Å². The molecule has 0 fully saturated rings. The number of nitrogens with one attached hydrogen (secondary N) is 1. The Hall–Kier alpha value is -2.10. The number of nitrogens with zero attached hydrogens (tertiary/aromatic N) is 2. The van der Waals surface area contributed by atoms with E-state index in [1.165, 1.54) is 5.56 Å². The lowest BCUT2D eigenvalue weighted by molar-refractivity contribution is 0.777. The molecule has 3 N–H and O–H groups in total. The average Bonchev–Trinajstić information content (AvgIpc) is 2.30. The number of benzene rings is 1. The SMILES string of the molecule is CC(Cc1ccccc1)Nc1nccc(N)n1. The van der Waals surface area contributed by atoms with Gasteiger partial charge in [0.15, 0.2) is 0 Å². The normalized spacial score (nSPS) is 12.1. The maximum atomic E-state index is 5.60. The zero-order valence-electron chi connectivity index (χ0n) is 9.80. The first-order valence-corrected chi connectivity index (χ1v) is 5.63. The van der Waals surface area contributed by atoms with Crippen LogP contribution in [-0.4, -0.2) is 16.0 Å². The third-order valence-corrected chi connectivity index (χ3v) is 2.44. The second-order valence-electron chi connectivity index (χ2n) is 4.04. The number of aromatic nitrogens is 2. The van der Waals surface area contributed by atoms with E-state index in [9.17, 15) is 0 Å². The van der Waals surface area contributed by atoms with E-state index in [0.717, 1.165) is 6.42 Å². The minimum Gasteiger partial charge on any atom is -0.384 e. The fraction of sp³-hybridized carbons (Fsp3) is 0.231. The van der Waals surface area contributed by atoms with Crippen molar-refractivity contribution in [1.82, 2.24) is 9.97 Å². The fourth-order valence-electron chi connectivity index (χ4n) is 1.68. The predicted molar refractivity (Wildman–Crippen MR) is 69.7 cm³/mol. The summed E-state index contributed by atoms with van der Waals surface area (Å²) in [5, 5.41) is 3.23. The van der Waals surface area contributed by atoms with Crippen LogP contribution < -0.4 is 11.1 Å². The van der Waals surface area contributed by atoms with Crippen LogP contribution >= 0.6 is 0 Å². The largest absolute Gasteiger partial charge is 0.384 e. The highest BCUT2D eigenvalue weighted by Crippen LogP contribution is 2.07. The molecule has 0 saturated carbocycles. The Labute approximate surface area is 101 Å². The maximum absolute atomic E-state index is 5.60. The molecule has 2 aromatic rings. The van der Waals surface area contributed by atoms with Crippen molar-refractivity contribution < 1.29 is 0 Å². The Balaban J connectivity index is 1.96. The van der Waals surface area contributed by atoms with E-state index < -0.39 is 0 Å². The van der Waals surface area contributed by atoms with Crippen LogP contribution in [0.25, 0.3) is 0 Å². The van der Waals surface area contributed by atoms with Gasteiger partial charge in [0.25, 0.3) is 0 Å². The zero-order chi connectivity index (χ0) is 12.1. The highest BCUT2D eigenvalue weighted by atomic mass is 15.1. The molecule has 0 spiro atoms. The first-order valence-electron chi connectivity index (χ1n) is 5.63. The lowest BCUT2D eigenvalue weighted by Gasteiger charge is -2.13. The van der Waals surface area contributed by atoms with E-state index in [1.54, 1.807) is 12.3 Å². The monoisotopic (exact) mass is 228 g/mol. The molecule has 0 aliphatic heterocycles. The van der Waals surface area contributed by atoms with Gasteiger partial charge in [-0.3, -0.25) is 0 Å². The summed E-state index contributed by atoms with van der Waals surface area (Å²) in [5.74, 6) is 1.06. The third-order valence-electron chi connectivity index (χ3n) is 2.44. The number of anilines is 2. The number of nitrogens with two attached hydrogens (primary N) is 1. The molecule has 0 aliphatic carbocycles. The Morgan fingerprint density at radius 3 is 2.71 bits per heavy atom. The minimum atomic E-state index is 0.263. The van der Waals surface area contributed by atoms with Gasteiger partial charge in [-0.1, -0.05) is 30.3 Å². The third kappa shape index (κ3) is 3.45. The lowest BCUT2D eigenvalue weighted by atomic mass is 10.1. The maximum Gasteiger partial charge on any atom is 0.224 e. The molecular weight excluding hydrogens is 212 g/mol. The van der Waals surface area contributed by atoms with Crippen molar-refractivity contribution in [2.45, 2.75) is 19.4 Å². The Morgan fingerprint density at radius 1 is 1.24 bits per heavy atom. The summed E-state index contributed by atoms with van der Waals surface area (Å²) in [4.78, 5) is 8.23. The molecular formula is C13H16N4. The van der Waals surface area contributed by atoms with Gasteiger partial charge in [0.1, 0.15) is 5.82 Å². The molecule has 1 aromatic carbocycles. The van der Waals surface area contributed by atoms with Crippen LogP contribution in [0.15, 0.2) is 42.6 Å². The van der Waals surface area contributed by atoms with Crippen LogP contribution in [0.2, 0.25) is 0 Å². The highest BCUT2D eigenvalue weighted by molar-refractivity contribution is 5.36. The van der Waals surface area contributed by atoms with Crippen molar-refractivity contribution in [3.05, 3.63) is 48.2 Å². The first kappa shape index (κ1) is 11.4. The van der Waals surface area contributed by atoms with Crippen LogP contribution in [0.4, 0.5) is 11.8 Å². The van der Waals surface area contributed by atoms with E-state index in [2.05, 4.69) is 34.3 Å². The van der Waals surface area contributed by atoms with E-state index >= 15 is 0 Å². The molecule has 1 aromatic heterocycles. The summed E-state index contributed by atoms with van der Waals surface area (Å²) in [6.07, 6.45) is 2.58. The number of rotatable bonds is 4. The zero-order valence-corrected chi connectivity index (χ0v) is 9.80. The van der Waals surface area contributed by atoms with E-state index in [1.807, 2.05) is 18.2 Å². The smallest absolute Gasteiger partial charge is 0.224 e. The second kappa shape index (κ2) is 5.30.